The molecule has 2 heterocycles. The van der Waals surface area contributed by atoms with Crippen LogP contribution in [0.15, 0.2) is 28.7 Å². The van der Waals surface area contributed by atoms with Gasteiger partial charge in [-0.3, -0.25) is 4.79 Å². The number of halogens is 2. The van der Waals surface area contributed by atoms with Crippen LogP contribution in [0.1, 0.15) is 18.1 Å². The number of morpholine rings is 1. The molecule has 2 saturated heterocycles. The highest BCUT2D eigenvalue weighted by Gasteiger charge is 2.27. The fourth-order valence-corrected chi connectivity index (χ4v) is 4.06. The second-order valence-electron chi connectivity index (χ2n) is 5.68. The van der Waals surface area contributed by atoms with Crippen molar-refractivity contribution in [2.45, 2.75) is 18.6 Å². The van der Waals surface area contributed by atoms with Crippen molar-refractivity contribution in [3.05, 3.63) is 34.3 Å². The predicted molar refractivity (Wildman–Crippen MR) is 100 cm³/mol. The first-order chi connectivity index (χ1) is 10.7. The number of carbonyl (C=O) groups excluding carboxylic acids is 1. The summed E-state index contributed by atoms with van der Waals surface area (Å²) in [6.45, 7) is 2.97. The SMILES string of the molecule is Cl.O=C(CC1CSCCN1)N1CCOC(c2ccc(Br)cc2)C1. The van der Waals surface area contributed by atoms with E-state index in [1.165, 1.54) is 0 Å². The highest BCUT2D eigenvalue weighted by atomic mass is 79.9. The lowest BCUT2D eigenvalue weighted by atomic mass is 10.1. The summed E-state index contributed by atoms with van der Waals surface area (Å²) in [5, 5.41) is 3.43. The lowest BCUT2D eigenvalue weighted by molar-refractivity contribution is -0.139. The summed E-state index contributed by atoms with van der Waals surface area (Å²) in [6.07, 6.45) is 0.583. The number of nitrogens with one attached hydrogen (secondary N) is 1. The van der Waals surface area contributed by atoms with E-state index in [0.717, 1.165) is 28.1 Å². The molecule has 1 aromatic carbocycles. The van der Waals surface area contributed by atoms with Crippen LogP contribution in [-0.4, -0.2) is 54.6 Å². The molecule has 2 aliphatic heterocycles. The zero-order valence-corrected chi connectivity index (χ0v) is 16.1. The Morgan fingerprint density at radius 1 is 1.39 bits per heavy atom. The lowest BCUT2D eigenvalue weighted by Gasteiger charge is -2.34. The van der Waals surface area contributed by atoms with Gasteiger partial charge in [-0.2, -0.15) is 11.8 Å². The molecule has 2 unspecified atom stereocenters. The van der Waals surface area contributed by atoms with Gasteiger partial charge in [-0.05, 0) is 17.7 Å². The van der Waals surface area contributed by atoms with E-state index >= 15 is 0 Å². The highest BCUT2D eigenvalue weighted by Crippen LogP contribution is 2.24. The number of carbonyl (C=O) groups is 1. The van der Waals surface area contributed by atoms with Crippen molar-refractivity contribution in [3.63, 3.8) is 0 Å². The molecule has 1 amide bonds. The zero-order chi connectivity index (χ0) is 15.4. The van der Waals surface area contributed by atoms with E-state index in [4.69, 9.17) is 4.74 Å². The van der Waals surface area contributed by atoms with E-state index in [-0.39, 0.29) is 24.4 Å². The second kappa shape index (κ2) is 9.28. The Kier molecular flexibility index (Phi) is 7.69. The van der Waals surface area contributed by atoms with Crippen molar-refractivity contribution in [1.82, 2.24) is 10.2 Å². The number of ether oxygens (including phenoxy) is 1. The summed E-state index contributed by atoms with van der Waals surface area (Å²) in [5.74, 6) is 2.42. The first-order valence-electron chi connectivity index (χ1n) is 7.68. The molecule has 23 heavy (non-hydrogen) atoms. The van der Waals surface area contributed by atoms with Gasteiger partial charge in [0.15, 0.2) is 0 Å². The molecule has 128 valence electrons. The third kappa shape index (κ3) is 5.36. The number of benzene rings is 1. The summed E-state index contributed by atoms with van der Waals surface area (Å²) in [6, 6.07) is 8.47. The molecule has 2 atom stereocenters. The molecule has 4 nitrogen and oxygen atoms in total. The van der Waals surface area contributed by atoms with Crippen LogP contribution in [0.4, 0.5) is 0 Å². The Labute approximate surface area is 156 Å². The minimum absolute atomic E-state index is 0. The molecule has 0 bridgehead atoms. The first-order valence-corrected chi connectivity index (χ1v) is 9.63. The van der Waals surface area contributed by atoms with Gasteiger partial charge in [-0.15, -0.1) is 12.4 Å². The Morgan fingerprint density at radius 2 is 2.17 bits per heavy atom. The quantitative estimate of drug-likeness (QED) is 0.815. The number of amides is 1. The molecule has 0 aliphatic carbocycles. The van der Waals surface area contributed by atoms with Gasteiger partial charge in [-0.25, -0.2) is 0 Å². The number of rotatable bonds is 3. The van der Waals surface area contributed by atoms with Gasteiger partial charge in [0.25, 0.3) is 0 Å². The Balaban J connectivity index is 0.00000192. The molecular formula is C16H22BrClN2O2S. The van der Waals surface area contributed by atoms with Crippen LogP contribution in [0.3, 0.4) is 0 Å². The second-order valence-corrected chi connectivity index (χ2v) is 7.75. The summed E-state index contributed by atoms with van der Waals surface area (Å²) < 4.78 is 6.90. The van der Waals surface area contributed by atoms with Gasteiger partial charge in [0.2, 0.25) is 5.91 Å². The molecular weight excluding hydrogens is 400 g/mol. The zero-order valence-electron chi connectivity index (χ0n) is 12.9. The topological polar surface area (TPSA) is 41.6 Å². The van der Waals surface area contributed by atoms with Crippen LogP contribution in [0.25, 0.3) is 0 Å². The Hall–Kier alpha value is -0.270. The van der Waals surface area contributed by atoms with Crippen LogP contribution in [0.2, 0.25) is 0 Å². The summed E-state index contributed by atoms with van der Waals surface area (Å²) in [7, 11) is 0. The minimum Gasteiger partial charge on any atom is -0.370 e. The van der Waals surface area contributed by atoms with Crippen molar-refractivity contribution in [3.8, 4) is 0 Å². The maximum Gasteiger partial charge on any atom is 0.224 e. The van der Waals surface area contributed by atoms with Gasteiger partial charge < -0.3 is 15.0 Å². The molecule has 1 N–H and O–H groups in total. The van der Waals surface area contributed by atoms with Crippen LogP contribution in [0.5, 0.6) is 0 Å². The minimum atomic E-state index is -0.0144. The molecule has 0 saturated carbocycles. The smallest absolute Gasteiger partial charge is 0.224 e. The third-order valence-corrected chi connectivity index (χ3v) is 5.74. The van der Waals surface area contributed by atoms with Crippen molar-refractivity contribution >= 4 is 46.0 Å². The molecule has 0 aromatic heterocycles. The molecule has 1 aromatic rings. The van der Waals surface area contributed by atoms with E-state index in [0.29, 0.717) is 32.2 Å². The van der Waals surface area contributed by atoms with E-state index in [1.54, 1.807) is 0 Å². The van der Waals surface area contributed by atoms with E-state index in [9.17, 15) is 4.79 Å². The van der Waals surface area contributed by atoms with Gasteiger partial charge >= 0.3 is 0 Å². The molecule has 0 spiro atoms. The number of nitrogens with zero attached hydrogens (tertiary/aromatic N) is 1. The number of hydrogen-bond acceptors (Lipinski definition) is 4. The molecule has 0 radical (unpaired) electrons. The number of thioether (sulfide) groups is 1. The maximum absolute atomic E-state index is 12.5. The summed E-state index contributed by atoms with van der Waals surface area (Å²) in [5.41, 5.74) is 1.13. The maximum atomic E-state index is 12.5. The van der Waals surface area contributed by atoms with Crippen molar-refractivity contribution in [2.75, 3.05) is 37.7 Å². The molecule has 3 rings (SSSR count). The summed E-state index contributed by atoms with van der Waals surface area (Å²) >= 11 is 5.37. The van der Waals surface area contributed by atoms with Crippen LogP contribution >= 0.6 is 40.1 Å². The van der Waals surface area contributed by atoms with Crippen molar-refractivity contribution in [2.24, 2.45) is 0 Å². The average Bonchev–Trinajstić information content (AvgIpc) is 2.56. The van der Waals surface area contributed by atoms with Crippen LogP contribution < -0.4 is 5.32 Å². The first kappa shape index (κ1) is 19.1. The lowest BCUT2D eigenvalue weighted by Crippen LogP contribution is -2.46. The van der Waals surface area contributed by atoms with E-state index in [2.05, 4.69) is 33.4 Å². The average molecular weight is 422 g/mol. The normalized spacial score (nSPS) is 24.8. The third-order valence-electron chi connectivity index (χ3n) is 4.08. The Bertz CT molecular complexity index is 511. The highest BCUT2D eigenvalue weighted by molar-refractivity contribution is 9.10. The molecule has 2 fully saturated rings. The van der Waals surface area contributed by atoms with Gasteiger partial charge in [-0.1, -0.05) is 28.1 Å². The summed E-state index contributed by atoms with van der Waals surface area (Å²) in [4.78, 5) is 14.5. The van der Waals surface area contributed by atoms with Crippen LogP contribution in [-0.2, 0) is 9.53 Å². The number of hydrogen-bond donors (Lipinski definition) is 1. The van der Waals surface area contributed by atoms with Gasteiger partial charge in [0.1, 0.15) is 6.10 Å². The molecule has 7 heteroatoms. The van der Waals surface area contributed by atoms with Gasteiger partial charge in [0, 0.05) is 41.5 Å². The Morgan fingerprint density at radius 3 is 2.87 bits per heavy atom. The van der Waals surface area contributed by atoms with Crippen LogP contribution in [0, 0.1) is 0 Å². The fraction of sp³-hybridized carbons (Fsp3) is 0.562. The van der Waals surface area contributed by atoms with E-state index in [1.807, 2.05) is 28.8 Å². The fourth-order valence-electron chi connectivity index (χ4n) is 2.85. The van der Waals surface area contributed by atoms with E-state index < -0.39 is 0 Å². The predicted octanol–water partition coefficient (Wildman–Crippen LogP) is 2.87. The van der Waals surface area contributed by atoms with Gasteiger partial charge in [0.05, 0.1) is 13.2 Å². The standard InChI is InChI=1S/C16H21BrN2O2S.ClH/c17-13-3-1-12(2-4-13)15-10-19(6-7-21-15)16(20)9-14-11-22-8-5-18-14;/h1-4,14-15,18H,5-11H2;1H. The monoisotopic (exact) mass is 420 g/mol. The molecule has 2 aliphatic rings. The van der Waals surface area contributed by atoms with Crippen molar-refractivity contribution < 1.29 is 9.53 Å². The van der Waals surface area contributed by atoms with Crippen molar-refractivity contribution in [1.29, 1.82) is 0 Å². The largest absolute Gasteiger partial charge is 0.370 e.